The molecule has 1 aliphatic heterocycles. The van der Waals surface area contributed by atoms with Gasteiger partial charge in [-0.15, -0.1) is 0 Å². The van der Waals surface area contributed by atoms with Gasteiger partial charge in [-0.25, -0.2) is 0 Å². The molecule has 0 unspecified atom stereocenters. The zero-order valence-electron chi connectivity index (χ0n) is 8.55. The fourth-order valence-electron chi connectivity index (χ4n) is 1.70. The summed E-state index contributed by atoms with van der Waals surface area (Å²) >= 11 is 0. The van der Waals surface area contributed by atoms with Crippen LogP contribution in [-0.4, -0.2) is 20.1 Å². The van der Waals surface area contributed by atoms with Gasteiger partial charge in [0.25, 0.3) is 0 Å². The molecule has 2 atom stereocenters. The Labute approximate surface area is 75.3 Å². The van der Waals surface area contributed by atoms with Crippen LogP contribution in [0.1, 0.15) is 13.8 Å². The lowest BCUT2D eigenvalue weighted by atomic mass is 9.99. The highest BCUT2D eigenvalue weighted by Gasteiger charge is 2.51. The number of carbonyl (C=O) groups is 1. The number of esters is 1. The standard InChI is InChI=1S/C9H18O2Si/c1-6(2)7-8(9(10)11-7)12(3,4)5/h6-8H,1-5H3/t7-,8+/m0/s1. The minimum Gasteiger partial charge on any atom is -0.461 e. The first kappa shape index (κ1) is 9.77. The largest absolute Gasteiger partial charge is 0.461 e. The van der Waals surface area contributed by atoms with E-state index in [1.807, 2.05) is 0 Å². The van der Waals surface area contributed by atoms with E-state index in [0.29, 0.717) is 5.92 Å². The SMILES string of the molecule is CC(C)[C@@H]1OC(=O)[C@@H]1[Si](C)(C)C. The molecule has 0 N–H and O–H groups in total. The Bertz CT molecular complexity index is 193. The summed E-state index contributed by atoms with van der Waals surface area (Å²) in [5.41, 5.74) is 0.234. The third-order valence-electron chi connectivity index (χ3n) is 2.42. The van der Waals surface area contributed by atoms with E-state index in [0.717, 1.165) is 0 Å². The molecule has 0 aromatic carbocycles. The second-order valence-corrected chi connectivity index (χ2v) is 10.3. The van der Waals surface area contributed by atoms with Gasteiger partial charge in [0.1, 0.15) is 6.10 Å². The maximum Gasteiger partial charge on any atom is 0.310 e. The minimum absolute atomic E-state index is 0.0351. The number of hydrogen-bond donors (Lipinski definition) is 0. The highest BCUT2D eigenvalue weighted by Crippen LogP contribution is 2.40. The molecule has 3 heteroatoms. The van der Waals surface area contributed by atoms with Gasteiger partial charge in [0.15, 0.2) is 0 Å². The number of carbonyl (C=O) groups excluding carboxylic acids is 1. The summed E-state index contributed by atoms with van der Waals surface area (Å²) in [6, 6.07) is 0. The first-order valence-electron chi connectivity index (χ1n) is 4.54. The van der Waals surface area contributed by atoms with Crippen LogP contribution in [-0.2, 0) is 9.53 Å². The van der Waals surface area contributed by atoms with Crippen molar-refractivity contribution >= 4 is 14.0 Å². The van der Waals surface area contributed by atoms with E-state index in [2.05, 4.69) is 33.5 Å². The van der Waals surface area contributed by atoms with Crippen molar-refractivity contribution in [2.45, 2.75) is 45.1 Å². The van der Waals surface area contributed by atoms with Crippen LogP contribution in [0.3, 0.4) is 0 Å². The zero-order valence-corrected chi connectivity index (χ0v) is 9.55. The van der Waals surface area contributed by atoms with Crippen LogP contribution in [0.25, 0.3) is 0 Å². The van der Waals surface area contributed by atoms with Crippen LogP contribution in [0, 0.1) is 5.92 Å². The predicted molar refractivity (Wildman–Crippen MR) is 51.8 cm³/mol. The van der Waals surface area contributed by atoms with Crippen LogP contribution < -0.4 is 0 Å². The van der Waals surface area contributed by atoms with Gasteiger partial charge in [-0.1, -0.05) is 33.5 Å². The third kappa shape index (κ3) is 1.55. The molecule has 0 saturated carbocycles. The molecule has 70 valence electrons. The number of ether oxygens (including phenoxy) is 1. The molecule has 1 rings (SSSR count). The highest BCUT2D eigenvalue weighted by atomic mass is 28.3. The summed E-state index contributed by atoms with van der Waals surface area (Å²) in [5, 5.41) is 0. The lowest BCUT2D eigenvalue weighted by Crippen LogP contribution is -2.54. The van der Waals surface area contributed by atoms with E-state index in [4.69, 9.17) is 4.74 Å². The van der Waals surface area contributed by atoms with E-state index in [1.54, 1.807) is 0 Å². The van der Waals surface area contributed by atoms with Gasteiger partial charge >= 0.3 is 5.97 Å². The molecule has 1 heterocycles. The van der Waals surface area contributed by atoms with E-state index in [-0.39, 0.29) is 17.6 Å². The molecule has 0 bridgehead atoms. The molecular weight excluding hydrogens is 168 g/mol. The van der Waals surface area contributed by atoms with Gasteiger partial charge in [0, 0.05) is 0 Å². The molecule has 0 aromatic heterocycles. The monoisotopic (exact) mass is 186 g/mol. The Morgan fingerprint density at radius 1 is 1.33 bits per heavy atom. The van der Waals surface area contributed by atoms with Crippen molar-refractivity contribution < 1.29 is 9.53 Å². The van der Waals surface area contributed by atoms with Crippen molar-refractivity contribution in [1.82, 2.24) is 0 Å². The molecule has 0 spiro atoms. The first-order valence-corrected chi connectivity index (χ1v) is 8.12. The van der Waals surface area contributed by atoms with E-state index in [1.165, 1.54) is 0 Å². The molecule has 12 heavy (non-hydrogen) atoms. The Morgan fingerprint density at radius 2 is 1.83 bits per heavy atom. The molecule has 1 saturated heterocycles. The summed E-state index contributed by atoms with van der Waals surface area (Å²) in [4.78, 5) is 11.2. The summed E-state index contributed by atoms with van der Waals surface area (Å²) in [6.07, 6.45) is 0.198. The molecule has 0 aromatic rings. The van der Waals surface area contributed by atoms with Gasteiger partial charge in [-0.2, -0.15) is 0 Å². The van der Waals surface area contributed by atoms with Gasteiger partial charge in [-0.05, 0) is 5.92 Å². The third-order valence-corrected chi connectivity index (χ3v) is 4.86. The lowest BCUT2D eigenvalue weighted by molar-refractivity contribution is -0.173. The predicted octanol–water partition coefficient (Wildman–Crippen LogP) is 2.28. The van der Waals surface area contributed by atoms with Gasteiger partial charge in [0.05, 0.1) is 13.6 Å². The van der Waals surface area contributed by atoms with Crippen LogP contribution in [0.15, 0.2) is 0 Å². The van der Waals surface area contributed by atoms with Gasteiger partial charge in [0.2, 0.25) is 0 Å². The molecule has 0 radical (unpaired) electrons. The van der Waals surface area contributed by atoms with Crippen molar-refractivity contribution in [2.24, 2.45) is 5.92 Å². The van der Waals surface area contributed by atoms with E-state index >= 15 is 0 Å². The topological polar surface area (TPSA) is 26.3 Å². The highest BCUT2D eigenvalue weighted by molar-refractivity contribution is 6.81. The van der Waals surface area contributed by atoms with Crippen molar-refractivity contribution in [3.63, 3.8) is 0 Å². The van der Waals surface area contributed by atoms with Crippen LogP contribution in [0.2, 0.25) is 25.2 Å². The van der Waals surface area contributed by atoms with Crippen LogP contribution >= 0.6 is 0 Å². The summed E-state index contributed by atoms with van der Waals surface area (Å²) in [6.45, 7) is 10.9. The van der Waals surface area contributed by atoms with Crippen molar-refractivity contribution in [3.8, 4) is 0 Å². The van der Waals surface area contributed by atoms with Crippen LogP contribution in [0.4, 0.5) is 0 Å². The Morgan fingerprint density at radius 3 is 2.00 bits per heavy atom. The summed E-state index contributed by atoms with van der Waals surface area (Å²) < 4.78 is 5.14. The lowest BCUT2D eigenvalue weighted by Gasteiger charge is -2.44. The smallest absolute Gasteiger partial charge is 0.310 e. The second kappa shape index (κ2) is 2.87. The average molecular weight is 186 g/mol. The fraction of sp³-hybridized carbons (Fsp3) is 0.889. The summed E-state index contributed by atoms with van der Waals surface area (Å²) in [5.74, 6) is 0.507. The zero-order chi connectivity index (χ0) is 9.52. The summed E-state index contributed by atoms with van der Waals surface area (Å²) in [7, 11) is -1.34. The Balaban J connectivity index is 2.69. The quantitative estimate of drug-likeness (QED) is 0.488. The average Bonchev–Trinajstić information content (AvgIpc) is 1.77. The first-order chi connectivity index (χ1) is 5.34. The molecule has 2 nitrogen and oxygen atoms in total. The fourth-order valence-corrected chi connectivity index (χ4v) is 3.92. The van der Waals surface area contributed by atoms with Crippen LogP contribution in [0.5, 0.6) is 0 Å². The normalized spacial score (nSPS) is 30.0. The molecule has 1 aliphatic rings. The van der Waals surface area contributed by atoms with E-state index < -0.39 is 8.07 Å². The minimum atomic E-state index is -1.34. The maximum absolute atomic E-state index is 11.2. The number of cyclic esters (lactones) is 1. The van der Waals surface area contributed by atoms with Crippen molar-refractivity contribution in [3.05, 3.63) is 0 Å². The molecular formula is C9H18O2Si. The number of rotatable bonds is 2. The molecule has 0 amide bonds. The van der Waals surface area contributed by atoms with E-state index in [9.17, 15) is 4.79 Å². The second-order valence-electron chi connectivity index (χ2n) is 4.99. The van der Waals surface area contributed by atoms with Crippen molar-refractivity contribution in [1.29, 1.82) is 0 Å². The van der Waals surface area contributed by atoms with Crippen molar-refractivity contribution in [2.75, 3.05) is 0 Å². The Hall–Kier alpha value is -0.313. The van der Waals surface area contributed by atoms with Gasteiger partial charge in [-0.3, -0.25) is 4.79 Å². The molecule has 1 fully saturated rings. The number of hydrogen-bond acceptors (Lipinski definition) is 2. The Kier molecular flexibility index (Phi) is 2.34. The molecule has 0 aliphatic carbocycles. The maximum atomic E-state index is 11.2. The van der Waals surface area contributed by atoms with Gasteiger partial charge < -0.3 is 4.74 Å².